The van der Waals surface area contributed by atoms with Gasteiger partial charge >= 0.3 is 0 Å². The van der Waals surface area contributed by atoms with Crippen LogP contribution < -0.4 is 0 Å². The number of nitrogens with zero attached hydrogens (tertiary/aromatic N) is 3. The number of piperidine rings is 2. The molecule has 0 aromatic carbocycles. The summed E-state index contributed by atoms with van der Waals surface area (Å²) < 4.78 is 0. The van der Waals surface area contributed by atoms with E-state index in [2.05, 4.69) is 4.98 Å². The van der Waals surface area contributed by atoms with Crippen LogP contribution in [0.5, 0.6) is 0 Å². The van der Waals surface area contributed by atoms with Crippen LogP contribution >= 0.6 is 0 Å². The topological polar surface area (TPSA) is 53.5 Å². The van der Waals surface area contributed by atoms with Gasteiger partial charge in [0.2, 0.25) is 11.8 Å². The van der Waals surface area contributed by atoms with Gasteiger partial charge in [0.1, 0.15) is 0 Å². The van der Waals surface area contributed by atoms with Gasteiger partial charge in [-0.1, -0.05) is 12.2 Å². The van der Waals surface area contributed by atoms with E-state index in [1.807, 2.05) is 41.0 Å². The molecule has 2 saturated heterocycles. The van der Waals surface area contributed by atoms with Gasteiger partial charge in [-0.3, -0.25) is 14.6 Å². The minimum atomic E-state index is 0.0603. The number of amides is 2. The van der Waals surface area contributed by atoms with Crippen molar-refractivity contribution in [2.75, 3.05) is 19.6 Å². The summed E-state index contributed by atoms with van der Waals surface area (Å²) in [5.41, 5.74) is 1.17. The lowest BCUT2D eigenvalue weighted by Gasteiger charge is -2.48. The maximum absolute atomic E-state index is 12.4. The summed E-state index contributed by atoms with van der Waals surface area (Å²) >= 11 is 0. The van der Waals surface area contributed by atoms with E-state index < -0.39 is 0 Å². The molecule has 1 aromatic rings. The van der Waals surface area contributed by atoms with Crippen LogP contribution in [0.25, 0.3) is 0 Å². The average Bonchev–Trinajstić information content (AvgIpc) is 2.64. The quantitative estimate of drug-likeness (QED) is 0.791. The van der Waals surface area contributed by atoms with Gasteiger partial charge in [-0.25, -0.2) is 0 Å². The van der Waals surface area contributed by atoms with Gasteiger partial charge in [0.25, 0.3) is 0 Å². The Balaban J connectivity index is 1.68. The Morgan fingerprint density at radius 1 is 1.28 bits per heavy atom. The van der Waals surface area contributed by atoms with E-state index in [9.17, 15) is 9.59 Å². The molecule has 1 atom stereocenters. The van der Waals surface area contributed by atoms with Gasteiger partial charge < -0.3 is 9.80 Å². The highest BCUT2D eigenvalue weighted by molar-refractivity contribution is 5.78. The van der Waals surface area contributed by atoms with Crippen LogP contribution in [0.15, 0.2) is 36.7 Å². The fourth-order valence-corrected chi connectivity index (χ4v) is 4.06. The molecule has 0 radical (unpaired) electrons. The molecule has 3 rings (SSSR count). The van der Waals surface area contributed by atoms with Crippen molar-refractivity contribution in [3.05, 3.63) is 42.2 Å². The SMILES string of the molecule is C/C=C/CC(=O)N1CCC[C@]2(CCC(=O)N(Cc3ccncc3)C2)C1. The Labute approximate surface area is 149 Å². The number of aromatic nitrogens is 1. The predicted octanol–water partition coefficient (Wildman–Crippen LogP) is 2.78. The lowest BCUT2D eigenvalue weighted by atomic mass is 9.73. The highest BCUT2D eigenvalue weighted by Crippen LogP contribution is 2.39. The summed E-state index contributed by atoms with van der Waals surface area (Å²) in [6.45, 7) is 4.95. The van der Waals surface area contributed by atoms with Crippen LogP contribution in [0, 0.1) is 5.41 Å². The summed E-state index contributed by atoms with van der Waals surface area (Å²) in [5.74, 6) is 0.426. The lowest BCUT2D eigenvalue weighted by molar-refractivity contribution is -0.143. The first-order valence-corrected chi connectivity index (χ1v) is 9.17. The molecule has 0 saturated carbocycles. The summed E-state index contributed by atoms with van der Waals surface area (Å²) in [4.78, 5) is 32.8. The third-order valence-electron chi connectivity index (χ3n) is 5.41. The number of pyridine rings is 1. The molecule has 25 heavy (non-hydrogen) atoms. The van der Waals surface area contributed by atoms with Crippen molar-refractivity contribution in [1.82, 2.24) is 14.8 Å². The Morgan fingerprint density at radius 3 is 2.84 bits per heavy atom. The van der Waals surface area contributed by atoms with Crippen molar-refractivity contribution in [3.63, 3.8) is 0 Å². The van der Waals surface area contributed by atoms with E-state index in [0.717, 1.165) is 44.5 Å². The van der Waals surface area contributed by atoms with Crippen molar-refractivity contribution in [3.8, 4) is 0 Å². The van der Waals surface area contributed by atoms with Gasteiger partial charge in [-0.15, -0.1) is 0 Å². The molecule has 2 aliphatic rings. The molecule has 0 aliphatic carbocycles. The van der Waals surface area contributed by atoms with Crippen molar-refractivity contribution in [2.24, 2.45) is 5.41 Å². The Bertz CT molecular complexity index is 644. The lowest BCUT2D eigenvalue weighted by Crippen LogP contribution is -2.54. The second-order valence-electron chi connectivity index (χ2n) is 7.30. The molecular formula is C20H27N3O2. The van der Waals surface area contributed by atoms with E-state index in [1.54, 1.807) is 12.4 Å². The largest absolute Gasteiger partial charge is 0.342 e. The monoisotopic (exact) mass is 341 g/mol. The molecule has 5 heteroatoms. The first-order valence-electron chi connectivity index (χ1n) is 9.17. The molecular weight excluding hydrogens is 314 g/mol. The maximum atomic E-state index is 12.4. The zero-order valence-corrected chi connectivity index (χ0v) is 15.0. The van der Waals surface area contributed by atoms with Crippen LogP contribution in [0.1, 0.15) is 44.6 Å². The molecule has 2 fully saturated rings. The number of carbonyl (C=O) groups excluding carboxylic acids is 2. The number of likely N-dealkylation sites (tertiary alicyclic amines) is 2. The van der Waals surface area contributed by atoms with Crippen LogP contribution in [-0.4, -0.2) is 46.2 Å². The molecule has 0 N–H and O–H groups in total. The van der Waals surface area contributed by atoms with Gasteiger partial charge in [-0.05, 0) is 43.9 Å². The molecule has 2 amide bonds. The highest BCUT2D eigenvalue weighted by atomic mass is 16.2. The van der Waals surface area contributed by atoms with Crippen LogP contribution in [-0.2, 0) is 16.1 Å². The maximum Gasteiger partial charge on any atom is 0.226 e. The molecule has 1 aromatic heterocycles. The van der Waals surface area contributed by atoms with Crippen LogP contribution in [0.3, 0.4) is 0 Å². The first-order chi connectivity index (χ1) is 12.1. The molecule has 134 valence electrons. The second kappa shape index (κ2) is 7.81. The van der Waals surface area contributed by atoms with Crippen LogP contribution in [0.4, 0.5) is 0 Å². The average molecular weight is 341 g/mol. The Hall–Kier alpha value is -2.17. The van der Waals surface area contributed by atoms with Gasteiger partial charge in [0.05, 0.1) is 0 Å². The van der Waals surface area contributed by atoms with E-state index in [1.165, 1.54) is 0 Å². The van der Waals surface area contributed by atoms with E-state index >= 15 is 0 Å². The highest BCUT2D eigenvalue weighted by Gasteiger charge is 2.42. The van der Waals surface area contributed by atoms with Gasteiger partial charge in [0.15, 0.2) is 0 Å². The normalized spacial score (nSPS) is 24.3. The first kappa shape index (κ1) is 17.6. The minimum Gasteiger partial charge on any atom is -0.342 e. The smallest absolute Gasteiger partial charge is 0.226 e. The summed E-state index contributed by atoms with van der Waals surface area (Å²) in [7, 11) is 0. The molecule has 3 heterocycles. The summed E-state index contributed by atoms with van der Waals surface area (Å²) in [5, 5.41) is 0. The number of hydrogen-bond donors (Lipinski definition) is 0. The van der Waals surface area contributed by atoms with Gasteiger partial charge in [-0.2, -0.15) is 0 Å². The number of hydrogen-bond acceptors (Lipinski definition) is 3. The number of rotatable bonds is 4. The van der Waals surface area contributed by atoms with Gasteiger partial charge in [0, 0.05) is 56.8 Å². The Morgan fingerprint density at radius 2 is 2.08 bits per heavy atom. The fraction of sp³-hybridized carbons (Fsp3) is 0.550. The second-order valence-corrected chi connectivity index (χ2v) is 7.30. The third kappa shape index (κ3) is 4.27. The predicted molar refractivity (Wildman–Crippen MR) is 96.6 cm³/mol. The molecule has 5 nitrogen and oxygen atoms in total. The summed E-state index contributed by atoms with van der Waals surface area (Å²) in [6.07, 6.45) is 11.5. The van der Waals surface area contributed by atoms with Crippen molar-refractivity contribution in [2.45, 2.75) is 45.6 Å². The molecule has 1 spiro atoms. The number of allylic oxidation sites excluding steroid dienone is 1. The van der Waals surface area contributed by atoms with Crippen molar-refractivity contribution < 1.29 is 9.59 Å². The third-order valence-corrected chi connectivity index (χ3v) is 5.41. The summed E-state index contributed by atoms with van der Waals surface area (Å²) in [6, 6.07) is 3.92. The zero-order valence-electron chi connectivity index (χ0n) is 15.0. The van der Waals surface area contributed by atoms with Crippen molar-refractivity contribution in [1.29, 1.82) is 0 Å². The van der Waals surface area contributed by atoms with E-state index in [0.29, 0.717) is 19.4 Å². The Kier molecular flexibility index (Phi) is 5.51. The standard InChI is InChI=1S/C20H27N3O2/c1-2-3-5-18(24)22-13-4-9-20(15-22)10-6-19(25)23(16-20)14-17-7-11-21-12-8-17/h2-3,7-8,11-12H,4-6,9-10,13-16H2,1H3/b3-2+/t20-/m0/s1. The van der Waals surface area contributed by atoms with Crippen LogP contribution in [0.2, 0.25) is 0 Å². The molecule has 2 aliphatic heterocycles. The fourth-order valence-electron chi connectivity index (χ4n) is 4.06. The molecule has 0 unspecified atom stereocenters. The van der Waals surface area contributed by atoms with Crippen molar-refractivity contribution >= 4 is 11.8 Å². The zero-order chi connectivity index (χ0) is 17.7. The van der Waals surface area contributed by atoms with E-state index in [4.69, 9.17) is 0 Å². The molecule has 0 bridgehead atoms. The minimum absolute atomic E-state index is 0.0603. The van der Waals surface area contributed by atoms with E-state index in [-0.39, 0.29) is 17.2 Å². The number of carbonyl (C=O) groups is 2.